The summed E-state index contributed by atoms with van der Waals surface area (Å²) in [5, 5.41) is 109. The first-order valence-corrected chi connectivity index (χ1v) is 15.4. The molecule has 1 heterocycles. The van der Waals surface area contributed by atoms with Crippen molar-refractivity contribution in [2.75, 3.05) is 6.61 Å². The Hall–Kier alpha value is -5.19. The number of fused-ring (bicyclic) bond motifs is 4. The average Bonchev–Trinajstić information content (AvgIpc) is 3.10. The number of phenols is 4. The van der Waals surface area contributed by atoms with Gasteiger partial charge in [-0.2, -0.15) is 0 Å². The smallest absolute Gasteiger partial charge is 0.201 e. The Labute approximate surface area is 282 Å². The number of ether oxygens (including phenoxy) is 1. The average molecular weight is 687 g/mol. The van der Waals surface area contributed by atoms with Gasteiger partial charge in [0.25, 0.3) is 0 Å². The molecule has 0 aromatic heterocycles. The normalized spacial score (nSPS) is 25.5. The number of rotatable bonds is 5. The number of carbonyl (C=O) groups is 3. The molecule has 0 bridgehead atoms. The number of benzene rings is 4. The number of hydrogen-bond acceptors (Lipinski definition) is 14. The fraction of sp³-hybridized carbons (Fsp3) is 0.250. The summed E-state index contributed by atoms with van der Waals surface area (Å²) in [7, 11) is 0. The van der Waals surface area contributed by atoms with Gasteiger partial charge < -0.3 is 55.8 Å². The van der Waals surface area contributed by atoms with Crippen LogP contribution in [0.25, 0.3) is 0 Å². The zero-order valence-electron chi connectivity index (χ0n) is 25.8. The molecule has 4 aromatic carbocycles. The minimum atomic E-state index is -2.33. The summed E-state index contributed by atoms with van der Waals surface area (Å²) in [6.07, 6.45) is -9.44. The number of phenolic OH excluding ortho intramolecular Hbond substituents is 4. The van der Waals surface area contributed by atoms with Crippen molar-refractivity contribution < 1.29 is 70.2 Å². The third-order valence-electron chi connectivity index (χ3n) is 9.93. The van der Waals surface area contributed by atoms with Gasteiger partial charge in [0, 0.05) is 16.7 Å². The van der Waals surface area contributed by atoms with Crippen LogP contribution in [0, 0.1) is 0 Å². The Morgan fingerprint density at radius 2 is 1.20 bits per heavy atom. The number of aromatic hydroxyl groups is 4. The highest BCUT2D eigenvalue weighted by atomic mass is 16.5. The van der Waals surface area contributed by atoms with Gasteiger partial charge in [-0.1, -0.05) is 24.3 Å². The summed E-state index contributed by atoms with van der Waals surface area (Å²) in [4.78, 5) is 42.0. The first-order chi connectivity index (χ1) is 23.8. The second kappa shape index (κ2) is 11.7. The second-order valence-electron chi connectivity index (χ2n) is 12.5. The van der Waals surface area contributed by atoms with Crippen LogP contribution in [0.4, 0.5) is 0 Å². The van der Waals surface area contributed by atoms with Gasteiger partial charge in [0.2, 0.25) is 11.6 Å². The molecule has 1 saturated heterocycles. The van der Waals surface area contributed by atoms with Gasteiger partial charge in [-0.05, 0) is 52.6 Å². The maximum absolute atomic E-state index is 14.1. The van der Waals surface area contributed by atoms with E-state index in [4.69, 9.17) is 4.74 Å². The van der Waals surface area contributed by atoms with Crippen LogP contribution in [0.15, 0.2) is 54.6 Å². The molecule has 14 nitrogen and oxygen atoms in total. The van der Waals surface area contributed by atoms with Crippen LogP contribution < -0.4 is 0 Å². The summed E-state index contributed by atoms with van der Waals surface area (Å²) < 4.78 is 6.10. The molecule has 1 fully saturated rings. The Balaban J connectivity index is 1.64. The van der Waals surface area contributed by atoms with Crippen molar-refractivity contribution in [3.05, 3.63) is 116 Å². The quantitative estimate of drug-likeness (QED) is 0.117. The topological polar surface area (TPSA) is 263 Å². The lowest BCUT2D eigenvalue weighted by Gasteiger charge is -2.52. The van der Waals surface area contributed by atoms with E-state index >= 15 is 0 Å². The molecule has 0 amide bonds. The molecule has 0 saturated carbocycles. The predicted molar refractivity (Wildman–Crippen MR) is 168 cm³/mol. The van der Waals surface area contributed by atoms with E-state index in [2.05, 4.69) is 0 Å². The van der Waals surface area contributed by atoms with E-state index in [0.29, 0.717) is 0 Å². The maximum Gasteiger partial charge on any atom is 0.201 e. The minimum Gasteiger partial charge on any atom is -0.507 e. The summed E-state index contributed by atoms with van der Waals surface area (Å²) in [5.74, 6) is -5.63. The van der Waals surface area contributed by atoms with E-state index in [1.54, 1.807) is 0 Å². The minimum absolute atomic E-state index is 0.0221. The molecule has 4 aromatic rings. The van der Waals surface area contributed by atoms with Gasteiger partial charge in [0.05, 0.1) is 47.5 Å². The third-order valence-corrected chi connectivity index (χ3v) is 9.93. The molecule has 0 radical (unpaired) electrons. The number of aliphatic hydroxyl groups excluding tert-OH is 6. The molecule has 14 heteroatoms. The molecule has 2 aliphatic carbocycles. The first kappa shape index (κ1) is 33.3. The molecular weight excluding hydrogens is 656 g/mol. The van der Waals surface area contributed by atoms with Crippen molar-refractivity contribution in [2.24, 2.45) is 0 Å². The number of aliphatic hydroxyl groups is 6. The lowest BCUT2D eigenvalue weighted by Crippen LogP contribution is -2.65. The molecule has 0 spiro atoms. The van der Waals surface area contributed by atoms with Crippen molar-refractivity contribution in [2.45, 2.75) is 49.1 Å². The van der Waals surface area contributed by atoms with Crippen molar-refractivity contribution in [1.82, 2.24) is 0 Å². The number of hydrogen-bond donors (Lipinski definition) is 10. The van der Waals surface area contributed by atoms with E-state index in [9.17, 15) is 65.4 Å². The molecule has 50 heavy (non-hydrogen) atoms. The van der Waals surface area contributed by atoms with E-state index in [1.807, 2.05) is 0 Å². The Morgan fingerprint density at radius 1 is 0.580 bits per heavy atom. The van der Waals surface area contributed by atoms with Crippen LogP contribution in [0.3, 0.4) is 0 Å². The lowest BCUT2D eigenvalue weighted by atomic mass is 9.57. The van der Waals surface area contributed by atoms with Crippen LogP contribution in [-0.2, 0) is 23.4 Å². The Kier molecular flexibility index (Phi) is 7.80. The van der Waals surface area contributed by atoms with Gasteiger partial charge in [-0.3, -0.25) is 14.4 Å². The van der Waals surface area contributed by atoms with Gasteiger partial charge in [0.1, 0.15) is 53.5 Å². The molecule has 1 aliphatic heterocycles. The van der Waals surface area contributed by atoms with Crippen molar-refractivity contribution in [3.8, 4) is 23.0 Å². The SMILES string of the molecule is O=C1c2cc(CO)cc(O)c2C(=O)c2c1ccc(C1(C3O[C@H](CO)[C@@H](O)[C@H](O)[C@H]3O)c3cccc(O)c3C(=O)c3c(O)cc(CO)cc31)c2O. The van der Waals surface area contributed by atoms with Gasteiger partial charge in [-0.15, -0.1) is 0 Å². The molecule has 3 aliphatic rings. The maximum atomic E-state index is 14.1. The van der Waals surface area contributed by atoms with E-state index < -0.39 is 118 Å². The molecule has 10 N–H and O–H groups in total. The van der Waals surface area contributed by atoms with E-state index in [1.165, 1.54) is 30.3 Å². The van der Waals surface area contributed by atoms with Crippen molar-refractivity contribution in [3.63, 3.8) is 0 Å². The van der Waals surface area contributed by atoms with Gasteiger partial charge in [0.15, 0.2) is 5.78 Å². The highest BCUT2D eigenvalue weighted by Crippen LogP contribution is 2.57. The van der Waals surface area contributed by atoms with Crippen LogP contribution >= 0.6 is 0 Å². The number of carbonyl (C=O) groups excluding carboxylic acids is 3. The van der Waals surface area contributed by atoms with Gasteiger partial charge in [-0.25, -0.2) is 0 Å². The molecule has 7 rings (SSSR count). The number of ketones is 3. The fourth-order valence-electron chi connectivity index (χ4n) is 7.71. The summed E-state index contributed by atoms with van der Waals surface area (Å²) in [5.41, 5.74) is -5.56. The zero-order valence-corrected chi connectivity index (χ0v) is 25.8. The molecule has 258 valence electrons. The van der Waals surface area contributed by atoms with E-state index in [0.717, 1.165) is 24.3 Å². The van der Waals surface area contributed by atoms with Crippen LogP contribution in [-0.4, -0.2) is 106 Å². The largest absolute Gasteiger partial charge is 0.507 e. The van der Waals surface area contributed by atoms with Crippen molar-refractivity contribution in [1.29, 1.82) is 0 Å². The highest BCUT2D eigenvalue weighted by molar-refractivity contribution is 6.30. The molecular formula is C36H30O14. The van der Waals surface area contributed by atoms with Crippen LogP contribution in [0.2, 0.25) is 0 Å². The van der Waals surface area contributed by atoms with E-state index in [-0.39, 0.29) is 38.9 Å². The zero-order chi connectivity index (χ0) is 36.0. The van der Waals surface area contributed by atoms with Gasteiger partial charge >= 0.3 is 0 Å². The third kappa shape index (κ3) is 4.31. The Bertz CT molecular complexity index is 2140. The summed E-state index contributed by atoms with van der Waals surface area (Å²) in [6, 6.07) is 10.8. The highest BCUT2D eigenvalue weighted by Gasteiger charge is 2.60. The first-order valence-electron chi connectivity index (χ1n) is 15.4. The monoisotopic (exact) mass is 686 g/mol. The van der Waals surface area contributed by atoms with Crippen molar-refractivity contribution >= 4 is 17.3 Å². The second-order valence-corrected chi connectivity index (χ2v) is 12.5. The summed E-state index contributed by atoms with van der Waals surface area (Å²) >= 11 is 0. The predicted octanol–water partition coefficient (Wildman–Crippen LogP) is -0.00980. The summed E-state index contributed by atoms with van der Waals surface area (Å²) in [6.45, 7) is -2.15. The molecule has 2 unspecified atom stereocenters. The lowest BCUT2D eigenvalue weighted by molar-refractivity contribution is -0.239. The Morgan fingerprint density at radius 3 is 1.86 bits per heavy atom. The standard InChI is InChI=1S/C36H30O14/c37-10-13-6-16-24(21(41)8-13)31(46)25-15(28(16)43)4-5-18(29(25)44)36(35-34(49)33(48)30(45)23(12-39)50-35)17-2-1-3-20(40)26(17)32(47)27-19(36)7-14(11-38)9-22(27)42/h1-9,23,30,33-35,37-42,44-45,48-49H,10-12H2/t23-,30-,33+,34-,35?,36?/m1/s1. The van der Waals surface area contributed by atoms with Crippen LogP contribution in [0.5, 0.6) is 23.0 Å². The molecule has 6 atom stereocenters. The fourth-order valence-corrected chi connectivity index (χ4v) is 7.71. The van der Waals surface area contributed by atoms with Crippen LogP contribution in [0.1, 0.15) is 75.6 Å².